The van der Waals surface area contributed by atoms with Crippen molar-refractivity contribution in [3.05, 3.63) is 42.2 Å². The number of carboxylic acids is 1. The van der Waals surface area contributed by atoms with Crippen molar-refractivity contribution in [3.63, 3.8) is 0 Å². The number of alkyl carbamates (subject to hydrolysis) is 1. The fourth-order valence-corrected chi connectivity index (χ4v) is 5.95. The molecule has 242 valence electrons. The molecule has 2 aliphatic heterocycles. The van der Waals surface area contributed by atoms with Gasteiger partial charge in [-0.05, 0) is 82.4 Å². The molecule has 1 saturated carbocycles. The summed E-state index contributed by atoms with van der Waals surface area (Å²) in [6.45, 7) is 5.29. The number of nitrogens with zero attached hydrogens (tertiary/aromatic N) is 5. The summed E-state index contributed by atoms with van der Waals surface area (Å²) in [4.78, 5) is 55.9. The molecule has 2 fully saturated rings. The highest BCUT2D eigenvalue weighted by molar-refractivity contribution is 5.96. The van der Waals surface area contributed by atoms with Crippen molar-refractivity contribution in [2.75, 3.05) is 13.7 Å². The van der Waals surface area contributed by atoms with E-state index in [2.05, 4.69) is 26.0 Å². The van der Waals surface area contributed by atoms with Gasteiger partial charge in [0, 0.05) is 18.4 Å². The van der Waals surface area contributed by atoms with Gasteiger partial charge in [-0.3, -0.25) is 9.59 Å². The van der Waals surface area contributed by atoms with E-state index in [0.717, 1.165) is 19.3 Å². The number of carboxylic acid groups (broad SMARTS) is 1. The zero-order chi connectivity index (χ0) is 32.4. The van der Waals surface area contributed by atoms with Crippen LogP contribution in [0.25, 0.3) is 5.69 Å². The molecule has 14 nitrogen and oxygen atoms in total. The standard InChI is InChI=1S/C31H41N7O7/c1-30(2,3)45-29(43)32-23-11-9-7-5-6-8-10-20-17-31(20,28(41)42)33-26(39)24-16-19(18-37(24)27(23)40)25-34-36-38(35-25)21-12-14-22(44-4)15-13-21/h8,10,12-15,19-20,23-24H,5-7,9,11,16-18H2,1-4H3,(H,32,43)(H,33,39)(H,41,42)/b10-8-/t19-,20?,23+,24+,31-/m1/s1. The summed E-state index contributed by atoms with van der Waals surface area (Å²) in [5, 5.41) is 28.5. The number of ether oxygens (including phenoxy) is 2. The van der Waals surface area contributed by atoms with Gasteiger partial charge in [0.2, 0.25) is 11.8 Å². The molecule has 1 aromatic carbocycles. The van der Waals surface area contributed by atoms with Crippen LogP contribution in [-0.4, -0.2) is 91.0 Å². The van der Waals surface area contributed by atoms with Gasteiger partial charge in [0.25, 0.3) is 0 Å². The first-order valence-corrected chi connectivity index (χ1v) is 15.4. The van der Waals surface area contributed by atoms with Gasteiger partial charge in [0.15, 0.2) is 5.82 Å². The molecule has 3 heterocycles. The Balaban J connectivity index is 1.43. The van der Waals surface area contributed by atoms with Crippen LogP contribution in [0, 0.1) is 5.92 Å². The minimum atomic E-state index is -1.43. The van der Waals surface area contributed by atoms with Crippen LogP contribution in [0.3, 0.4) is 0 Å². The van der Waals surface area contributed by atoms with Crippen LogP contribution in [0.15, 0.2) is 36.4 Å². The lowest BCUT2D eigenvalue weighted by atomic mass is 10.0. The van der Waals surface area contributed by atoms with Crippen LogP contribution >= 0.6 is 0 Å². The third-order valence-corrected chi connectivity index (χ3v) is 8.45. The summed E-state index contributed by atoms with van der Waals surface area (Å²) in [5.41, 5.74) is -1.55. The predicted molar refractivity (Wildman–Crippen MR) is 161 cm³/mol. The summed E-state index contributed by atoms with van der Waals surface area (Å²) in [6.07, 6.45) is 6.93. The maximum atomic E-state index is 14.2. The Morgan fingerprint density at radius 1 is 1.13 bits per heavy atom. The number of methoxy groups -OCH3 is 1. The molecule has 1 saturated heterocycles. The van der Waals surface area contributed by atoms with Crippen molar-refractivity contribution in [3.8, 4) is 11.4 Å². The summed E-state index contributed by atoms with van der Waals surface area (Å²) >= 11 is 0. The zero-order valence-corrected chi connectivity index (χ0v) is 26.1. The van der Waals surface area contributed by atoms with Crippen molar-refractivity contribution >= 4 is 23.9 Å². The Kier molecular flexibility index (Phi) is 9.12. The Morgan fingerprint density at radius 3 is 2.58 bits per heavy atom. The normalized spacial score (nSPS) is 28.0. The average Bonchev–Trinajstić information content (AvgIpc) is 3.31. The maximum absolute atomic E-state index is 14.2. The molecule has 0 spiro atoms. The first kappa shape index (κ1) is 31.9. The van der Waals surface area contributed by atoms with E-state index in [1.807, 2.05) is 12.2 Å². The van der Waals surface area contributed by atoms with Crippen LogP contribution in [-0.2, 0) is 19.1 Å². The van der Waals surface area contributed by atoms with Gasteiger partial charge in [-0.15, -0.1) is 15.0 Å². The number of amides is 3. The molecule has 5 rings (SSSR count). The second-order valence-corrected chi connectivity index (χ2v) is 12.9. The fraction of sp³-hybridized carbons (Fsp3) is 0.581. The molecule has 2 aromatic rings. The quantitative estimate of drug-likeness (QED) is 0.420. The highest BCUT2D eigenvalue weighted by Crippen LogP contribution is 2.45. The molecule has 3 amide bonds. The first-order chi connectivity index (χ1) is 21.4. The number of aromatic nitrogens is 4. The SMILES string of the molecule is COc1ccc(-n2nnc([C@@H]3C[C@H]4C(=O)N[C@]5(C(=O)O)CC5/C=C\CCCCC[C@H](NC(=O)OC(C)(C)C)C(=O)N4C3)n2)cc1. The molecule has 5 atom stereocenters. The van der Waals surface area contributed by atoms with E-state index in [1.165, 1.54) is 9.70 Å². The highest BCUT2D eigenvalue weighted by Gasteiger charge is 2.61. The number of allylic oxidation sites excluding steroid dienone is 1. The third kappa shape index (κ3) is 7.26. The largest absolute Gasteiger partial charge is 0.497 e. The van der Waals surface area contributed by atoms with E-state index in [1.54, 1.807) is 52.1 Å². The van der Waals surface area contributed by atoms with E-state index < -0.39 is 53.0 Å². The van der Waals surface area contributed by atoms with Gasteiger partial charge < -0.3 is 30.1 Å². The van der Waals surface area contributed by atoms with Gasteiger partial charge in [0.1, 0.15) is 29.0 Å². The molecule has 0 bridgehead atoms. The Morgan fingerprint density at radius 2 is 1.89 bits per heavy atom. The van der Waals surface area contributed by atoms with Gasteiger partial charge in [-0.1, -0.05) is 25.0 Å². The van der Waals surface area contributed by atoms with E-state index in [4.69, 9.17) is 9.47 Å². The van der Waals surface area contributed by atoms with Crippen molar-refractivity contribution in [1.82, 2.24) is 35.7 Å². The maximum Gasteiger partial charge on any atom is 0.408 e. The van der Waals surface area contributed by atoms with Crippen molar-refractivity contribution in [2.45, 2.75) is 94.9 Å². The van der Waals surface area contributed by atoms with Gasteiger partial charge >= 0.3 is 12.1 Å². The Labute approximate surface area is 261 Å². The summed E-state index contributed by atoms with van der Waals surface area (Å²) in [5.74, 6) is -1.92. The predicted octanol–water partition coefficient (Wildman–Crippen LogP) is 2.73. The summed E-state index contributed by atoms with van der Waals surface area (Å²) in [7, 11) is 1.57. The van der Waals surface area contributed by atoms with Crippen molar-refractivity contribution in [2.24, 2.45) is 5.92 Å². The molecule has 1 aliphatic carbocycles. The third-order valence-electron chi connectivity index (χ3n) is 8.45. The molecule has 3 aliphatic rings. The zero-order valence-electron chi connectivity index (χ0n) is 26.1. The van der Waals surface area contributed by atoms with Crippen LogP contribution in [0.5, 0.6) is 5.75 Å². The molecule has 45 heavy (non-hydrogen) atoms. The Hall–Kier alpha value is -4.49. The van der Waals surface area contributed by atoms with Crippen molar-refractivity contribution in [1.29, 1.82) is 0 Å². The number of carbonyl (C=O) groups excluding carboxylic acids is 3. The average molecular weight is 624 g/mol. The number of carbonyl (C=O) groups is 4. The van der Waals surface area contributed by atoms with Gasteiger partial charge in [0.05, 0.1) is 12.8 Å². The first-order valence-electron chi connectivity index (χ1n) is 15.4. The van der Waals surface area contributed by atoms with Crippen LogP contribution in [0.4, 0.5) is 4.79 Å². The molecule has 3 N–H and O–H groups in total. The number of fused-ring (bicyclic) bond motifs is 2. The molecule has 0 radical (unpaired) electrons. The minimum absolute atomic E-state index is 0.0845. The topological polar surface area (TPSA) is 178 Å². The highest BCUT2D eigenvalue weighted by atomic mass is 16.6. The van der Waals surface area contributed by atoms with Crippen LogP contribution < -0.4 is 15.4 Å². The number of tetrazole rings is 1. The van der Waals surface area contributed by atoms with Crippen molar-refractivity contribution < 1.29 is 33.8 Å². The summed E-state index contributed by atoms with van der Waals surface area (Å²) < 4.78 is 10.7. The van der Waals surface area contributed by atoms with E-state index >= 15 is 0 Å². The smallest absolute Gasteiger partial charge is 0.408 e. The lowest BCUT2D eigenvalue weighted by molar-refractivity contribution is -0.145. The number of aliphatic carboxylic acids is 1. The summed E-state index contributed by atoms with van der Waals surface area (Å²) in [6, 6.07) is 5.13. The molecule has 14 heteroatoms. The number of hydrogen-bond donors (Lipinski definition) is 3. The second kappa shape index (κ2) is 12.9. The van der Waals surface area contributed by atoms with E-state index in [-0.39, 0.29) is 25.3 Å². The minimum Gasteiger partial charge on any atom is -0.497 e. The van der Waals surface area contributed by atoms with Gasteiger partial charge in [-0.25, -0.2) is 9.59 Å². The number of rotatable bonds is 5. The fourth-order valence-electron chi connectivity index (χ4n) is 5.95. The molecule has 1 unspecified atom stereocenters. The van der Waals surface area contributed by atoms with Crippen LogP contribution in [0.1, 0.15) is 77.5 Å². The number of nitrogens with one attached hydrogen (secondary N) is 2. The molecular formula is C31H41N7O7. The van der Waals surface area contributed by atoms with Gasteiger partial charge in [-0.2, -0.15) is 0 Å². The lowest BCUT2D eigenvalue weighted by Gasteiger charge is -2.30. The monoisotopic (exact) mass is 623 g/mol. The molecule has 1 aromatic heterocycles. The second-order valence-electron chi connectivity index (χ2n) is 12.9. The lowest BCUT2D eigenvalue weighted by Crippen LogP contribution is -2.56. The Bertz CT molecular complexity index is 1450. The number of benzene rings is 1. The van der Waals surface area contributed by atoms with Crippen LogP contribution in [0.2, 0.25) is 0 Å². The van der Waals surface area contributed by atoms with E-state index in [0.29, 0.717) is 30.1 Å². The molecular weight excluding hydrogens is 582 g/mol. The number of hydrogen-bond acceptors (Lipinski definition) is 9. The van der Waals surface area contributed by atoms with E-state index in [9.17, 15) is 24.3 Å².